The van der Waals surface area contributed by atoms with Gasteiger partial charge in [0.05, 0.1) is 11.0 Å². The van der Waals surface area contributed by atoms with E-state index in [9.17, 15) is 18.0 Å². The molecule has 0 unspecified atom stereocenters. The number of carbonyl (C=O) groups excluding carboxylic acids is 1. The van der Waals surface area contributed by atoms with Gasteiger partial charge in [-0.15, -0.1) is 0 Å². The fourth-order valence-electron chi connectivity index (χ4n) is 1.90. The van der Waals surface area contributed by atoms with E-state index >= 15 is 0 Å². The van der Waals surface area contributed by atoms with Crippen LogP contribution in [0.1, 0.15) is 10.4 Å². The van der Waals surface area contributed by atoms with Crippen LogP contribution in [0.25, 0.3) is 11.0 Å². The van der Waals surface area contributed by atoms with Crippen molar-refractivity contribution in [1.82, 2.24) is 14.9 Å². The van der Waals surface area contributed by atoms with Gasteiger partial charge in [-0.05, 0) is 18.2 Å². The number of nitrogens with two attached hydrogens (primary N) is 1. The number of rotatable bonds is 4. The summed E-state index contributed by atoms with van der Waals surface area (Å²) in [7, 11) is 0. The van der Waals surface area contributed by atoms with Crippen LogP contribution in [-0.2, 0) is 0 Å². The molecule has 0 bridgehead atoms. The van der Waals surface area contributed by atoms with Crippen molar-refractivity contribution in [1.29, 1.82) is 0 Å². The Labute approximate surface area is 118 Å². The Morgan fingerprint density at radius 3 is 2.48 bits per heavy atom. The van der Waals surface area contributed by atoms with Crippen molar-refractivity contribution in [2.45, 2.75) is 6.18 Å². The summed E-state index contributed by atoms with van der Waals surface area (Å²) in [6.45, 7) is -1.55. The van der Waals surface area contributed by atoms with Crippen molar-refractivity contribution in [3.05, 3.63) is 36.2 Å². The van der Waals surface area contributed by atoms with Crippen LogP contribution >= 0.6 is 0 Å². The van der Waals surface area contributed by atoms with Gasteiger partial charge in [0.1, 0.15) is 6.54 Å². The van der Waals surface area contributed by atoms with E-state index in [0.717, 1.165) is 0 Å². The summed E-state index contributed by atoms with van der Waals surface area (Å²) in [4.78, 5) is 20.9. The van der Waals surface area contributed by atoms with E-state index < -0.39 is 18.6 Å². The maximum Gasteiger partial charge on any atom is 0.406 e. The molecule has 0 saturated heterocycles. The summed E-state index contributed by atoms with van der Waals surface area (Å²) in [5.41, 5.74) is 6.41. The second-order valence-electron chi connectivity index (χ2n) is 4.39. The Morgan fingerprint density at radius 1 is 1.19 bits per heavy atom. The van der Waals surface area contributed by atoms with Gasteiger partial charge in [-0.3, -0.25) is 14.8 Å². The number of halogens is 3. The third-order valence-electron chi connectivity index (χ3n) is 2.77. The van der Waals surface area contributed by atoms with Crippen LogP contribution in [0.15, 0.2) is 30.6 Å². The normalized spacial score (nSPS) is 11.6. The average molecular weight is 298 g/mol. The summed E-state index contributed by atoms with van der Waals surface area (Å²) < 4.78 is 37.5. The van der Waals surface area contributed by atoms with Crippen LogP contribution in [0.2, 0.25) is 0 Å². The van der Waals surface area contributed by atoms with Crippen molar-refractivity contribution >= 4 is 16.9 Å². The lowest BCUT2D eigenvalue weighted by molar-refractivity contribution is -0.140. The molecule has 2 rings (SSSR count). The molecule has 0 fully saturated rings. The van der Waals surface area contributed by atoms with Gasteiger partial charge < -0.3 is 10.6 Å². The zero-order valence-corrected chi connectivity index (χ0v) is 11.0. The van der Waals surface area contributed by atoms with Crippen LogP contribution in [0.5, 0.6) is 0 Å². The number of hydrogen-bond donors (Lipinski definition) is 1. The third-order valence-corrected chi connectivity index (χ3v) is 2.77. The van der Waals surface area contributed by atoms with E-state index in [-0.39, 0.29) is 18.7 Å². The van der Waals surface area contributed by atoms with Gasteiger partial charge in [0.25, 0.3) is 5.91 Å². The topological polar surface area (TPSA) is 72.1 Å². The summed E-state index contributed by atoms with van der Waals surface area (Å²) in [5.74, 6) is -0.731. The van der Waals surface area contributed by atoms with Crippen LogP contribution in [0.4, 0.5) is 13.2 Å². The molecule has 2 N–H and O–H groups in total. The van der Waals surface area contributed by atoms with Crippen LogP contribution in [-0.4, -0.2) is 46.6 Å². The molecule has 5 nitrogen and oxygen atoms in total. The van der Waals surface area contributed by atoms with E-state index in [1.807, 2.05) is 0 Å². The van der Waals surface area contributed by atoms with Gasteiger partial charge in [-0.1, -0.05) is 0 Å². The fourth-order valence-corrected chi connectivity index (χ4v) is 1.90. The minimum atomic E-state index is -4.47. The number of carbonyl (C=O) groups is 1. The van der Waals surface area contributed by atoms with Gasteiger partial charge in [0.2, 0.25) is 0 Å². The second-order valence-corrected chi connectivity index (χ2v) is 4.39. The molecule has 0 aliphatic heterocycles. The molecule has 0 saturated carbocycles. The molecule has 0 aliphatic rings. The molecule has 112 valence electrons. The Morgan fingerprint density at radius 2 is 1.86 bits per heavy atom. The molecule has 1 amide bonds. The molecule has 21 heavy (non-hydrogen) atoms. The first kappa shape index (κ1) is 15.2. The second kappa shape index (κ2) is 6.04. The van der Waals surface area contributed by atoms with Gasteiger partial charge in [0, 0.05) is 31.0 Å². The minimum Gasteiger partial charge on any atom is -0.329 e. The third kappa shape index (κ3) is 3.88. The lowest BCUT2D eigenvalue weighted by atomic mass is 10.1. The molecule has 1 aromatic heterocycles. The number of nitrogens with zero attached hydrogens (tertiary/aromatic N) is 3. The lowest BCUT2D eigenvalue weighted by Crippen LogP contribution is -2.41. The predicted molar refractivity (Wildman–Crippen MR) is 70.6 cm³/mol. The van der Waals surface area contributed by atoms with Gasteiger partial charge in [0.15, 0.2) is 0 Å². The summed E-state index contributed by atoms with van der Waals surface area (Å²) >= 11 is 0. The van der Waals surface area contributed by atoms with Crippen LogP contribution in [0, 0.1) is 0 Å². The highest BCUT2D eigenvalue weighted by Crippen LogP contribution is 2.19. The smallest absolute Gasteiger partial charge is 0.329 e. The Balaban J connectivity index is 2.29. The summed E-state index contributed by atoms with van der Waals surface area (Å²) in [6.07, 6.45) is -1.53. The number of aromatic nitrogens is 2. The predicted octanol–water partition coefficient (Wildman–Crippen LogP) is 1.59. The highest BCUT2D eigenvalue weighted by Gasteiger charge is 2.33. The molecule has 0 spiro atoms. The number of amides is 1. The molecule has 0 atom stereocenters. The highest BCUT2D eigenvalue weighted by atomic mass is 19.4. The molecule has 1 aromatic carbocycles. The number of fused-ring (bicyclic) bond motifs is 1. The maximum atomic E-state index is 12.5. The first-order chi connectivity index (χ1) is 9.90. The van der Waals surface area contributed by atoms with E-state index in [1.165, 1.54) is 24.5 Å². The molecule has 1 heterocycles. The van der Waals surface area contributed by atoms with Gasteiger partial charge >= 0.3 is 6.18 Å². The number of alkyl halides is 3. The van der Waals surface area contributed by atoms with Crippen LogP contribution in [0.3, 0.4) is 0 Å². The van der Waals surface area contributed by atoms with Crippen molar-refractivity contribution in [3.8, 4) is 0 Å². The van der Waals surface area contributed by atoms with Crippen LogP contribution < -0.4 is 5.73 Å². The quantitative estimate of drug-likeness (QED) is 0.930. The highest BCUT2D eigenvalue weighted by molar-refractivity contribution is 5.97. The molecule has 8 heteroatoms. The Bertz CT molecular complexity index is 645. The zero-order valence-electron chi connectivity index (χ0n) is 11.0. The van der Waals surface area contributed by atoms with Gasteiger partial charge in [-0.2, -0.15) is 13.2 Å². The average Bonchev–Trinajstić information content (AvgIpc) is 2.44. The van der Waals surface area contributed by atoms with Crippen molar-refractivity contribution in [2.24, 2.45) is 5.73 Å². The standard InChI is InChI=1S/C13H13F3N4O/c14-13(15,16)8-20(6-3-17)12(21)9-1-2-10-11(7-9)19-5-4-18-10/h1-2,4-5,7H,3,6,8,17H2. The van der Waals surface area contributed by atoms with E-state index in [4.69, 9.17) is 5.73 Å². The molecule has 0 aliphatic carbocycles. The lowest BCUT2D eigenvalue weighted by Gasteiger charge is -2.23. The fraction of sp³-hybridized carbons (Fsp3) is 0.308. The first-order valence-electron chi connectivity index (χ1n) is 6.17. The summed E-state index contributed by atoms with van der Waals surface area (Å²) in [5, 5.41) is 0. The molecule has 0 radical (unpaired) electrons. The van der Waals surface area contributed by atoms with E-state index in [1.54, 1.807) is 6.07 Å². The van der Waals surface area contributed by atoms with Crippen molar-refractivity contribution in [3.63, 3.8) is 0 Å². The largest absolute Gasteiger partial charge is 0.406 e. The molecule has 2 aromatic rings. The minimum absolute atomic E-state index is 0.0464. The zero-order chi connectivity index (χ0) is 15.5. The Hall–Kier alpha value is -2.22. The van der Waals surface area contributed by atoms with Crippen molar-refractivity contribution in [2.75, 3.05) is 19.6 Å². The molecular weight excluding hydrogens is 285 g/mol. The number of hydrogen-bond acceptors (Lipinski definition) is 4. The van der Waals surface area contributed by atoms with E-state index in [2.05, 4.69) is 9.97 Å². The maximum absolute atomic E-state index is 12.5. The SMILES string of the molecule is NCCN(CC(F)(F)F)C(=O)c1ccc2nccnc2c1. The van der Waals surface area contributed by atoms with E-state index in [0.29, 0.717) is 15.9 Å². The monoisotopic (exact) mass is 298 g/mol. The number of benzene rings is 1. The van der Waals surface area contributed by atoms with Crippen molar-refractivity contribution < 1.29 is 18.0 Å². The first-order valence-corrected chi connectivity index (χ1v) is 6.17. The molecular formula is C13H13F3N4O. The Kier molecular flexibility index (Phi) is 4.37. The van der Waals surface area contributed by atoms with Gasteiger partial charge in [-0.25, -0.2) is 0 Å². The summed E-state index contributed by atoms with van der Waals surface area (Å²) in [6, 6.07) is 4.40.